The first-order valence-electron chi connectivity index (χ1n) is 7.20. The lowest BCUT2D eigenvalue weighted by Crippen LogP contribution is -2.09. The zero-order valence-electron chi connectivity index (χ0n) is 12.3. The molecule has 1 N–H and O–H groups in total. The van der Waals surface area contributed by atoms with Crippen molar-refractivity contribution < 1.29 is 9.21 Å². The minimum Gasteiger partial charge on any atom is -0.436 e. The van der Waals surface area contributed by atoms with Gasteiger partial charge in [0.25, 0.3) is 5.91 Å². The number of aromatic nitrogens is 1. The number of nitrogens with one attached hydrogen (secondary N) is 1. The quantitative estimate of drug-likeness (QED) is 0.531. The van der Waals surface area contributed by atoms with Gasteiger partial charge < -0.3 is 9.73 Å². The molecular weight excluding hydrogens is 344 g/mol. The first-order chi connectivity index (χ1) is 11.7. The van der Waals surface area contributed by atoms with Gasteiger partial charge >= 0.3 is 0 Å². The minimum atomic E-state index is -0.134. The Balaban J connectivity index is 1.63. The lowest BCUT2D eigenvalue weighted by molar-refractivity contribution is 0.103. The van der Waals surface area contributed by atoms with Gasteiger partial charge in [-0.2, -0.15) is 0 Å². The van der Waals surface area contributed by atoms with Crippen LogP contribution in [0.2, 0.25) is 5.02 Å². The number of hydrogen-bond acceptors (Lipinski definition) is 4. The molecule has 0 saturated heterocycles. The van der Waals surface area contributed by atoms with E-state index in [2.05, 4.69) is 10.3 Å². The Morgan fingerprint density at radius 1 is 1.12 bits per heavy atom. The van der Waals surface area contributed by atoms with Crippen molar-refractivity contribution in [1.82, 2.24) is 4.98 Å². The molecule has 0 fully saturated rings. The topological polar surface area (TPSA) is 55.1 Å². The molecule has 2 heterocycles. The van der Waals surface area contributed by atoms with E-state index >= 15 is 0 Å². The molecule has 4 rings (SSSR count). The molecule has 4 nitrogen and oxygen atoms in total. The summed E-state index contributed by atoms with van der Waals surface area (Å²) in [6, 6.07) is 16.3. The molecule has 0 radical (unpaired) electrons. The lowest BCUT2D eigenvalue weighted by atomic mass is 10.2. The van der Waals surface area contributed by atoms with Crippen LogP contribution in [0.3, 0.4) is 0 Å². The summed E-state index contributed by atoms with van der Waals surface area (Å²) in [5.41, 5.74) is 2.87. The van der Waals surface area contributed by atoms with Crippen molar-refractivity contribution in [2.24, 2.45) is 0 Å². The van der Waals surface area contributed by atoms with Crippen LogP contribution in [-0.4, -0.2) is 10.9 Å². The van der Waals surface area contributed by atoms with Crippen LogP contribution in [0.25, 0.3) is 22.6 Å². The Kier molecular flexibility index (Phi) is 3.80. The maximum absolute atomic E-state index is 12.1. The van der Waals surface area contributed by atoms with E-state index in [1.165, 1.54) is 11.3 Å². The molecule has 0 spiro atoms. The number of carbonyl (C=O) groups excluding carboxylic acids is 1. The monoisotopic (exact) mass is 354 g/mol. The maximum atomic E-state index is 12.1. The Labute approximate surface area is 146 Å². The molecule has 0 aliphatic rings. The highest BCUT2D eigenvalue weighted by atomic mass is 35.5. The third kappa shape index (κ3) is 2.91. The largest absolute Gasteiger partial charge is 0.436 e. The summed E-state index contributed by atoms with van der Waals surface area (Å²) in [5, 5.41) is 5.40. The predicted molar refractivity (Wildman–Crippen MR) is 96.7 cm³/mol. The van der Waals surface area contributed by atoms with Gasteiger partial charge in [0.05, 0.1) is 4.88 Å². The second-order valence-corrected chi connectivity index (χ2v) is 6.52. The number of rotatable bonds is 3. The van der Waals surface area contributed by atoms with Gasteiger partial charge in [-0.05, 0) is 53.9 Å². The van der Waals surface area contributed by atoms with Gasteiger partial charge in [-0.1, -0.05) is 17.7 Å². The summed E-state index contributed by atoms with van der Waals surface area (Å²) >= 11 is 7.30. The van der Waals surface area contributed by atoms with E-state index in [9.17, 15) is 4.79 Å². The maximum Gasteiger partial charge on any atom is 0.265 e. The van der Waals surface area contributed by atoms with E-state index in [-0.39, 0.29) is 5.91 Å². The predicted octanol–water partition coefficient (Wildman–Crippen LogP) is 5.46. The van der Waals surface area contributed by atoms with Gasteiger partial charge in [0, 0.05) is 16.3 Å². The van der Waals surface area contributed by atoms with Crippen molar-refractivity contribution in [1.29, 1.82) is 0 Å². The van der Waals surface area contributed by atoms with Crippen LogP contribution < -0.4 is 5.32 Å². The summed E-state index contributed by atoms with van der Waals surface area (Å²) in [6.45, 7) is 0. The minimum absolute atomic E-state index is 0.134. The van der Waals surface area contributed by atoms with E-state index in [4.69, 9.17) is 16.0 Å². The molecule has 24 heavy (non-hydrogen) atoms. The average Bonchev–Trinajstić information content (AvgIpc) is 3.24. The van der Waals surface area contributed by atoms with Crippen LogP contribution in [0.15, 0.2) is 64.4 Å². The molecule has 2 aromatic heterocycles. The van der Waals surface area contributed by atoms with Gasteiger partial charge in [0.2, 0.25) is 5.89 Å². The number of halogens is 1. The SMILES string of the molecule is O=C(Nc1ccc2oc(-c3ccc(Cl)cc3)nc2c1)c1cccs1. The molecule has 0 atom stereocenters. The molecule has 0 saturated carbocycles. The highest BCUT2D eigenvalue weighted by Gasteiger charge is 2.11. The first-order valence-corrected chi connectivity index (χ1v) is 8.46. The van der Waals surface area contributed by atoms with Crippen LogP contribution in [0.4, 0.5) is 5.69 Å². The summed E-state index contributed by atoms with van der Waals surface area (Å²) in [7, 11) is 0. The standard InChI is InChI=1S/C18H11ClN2O2S/c19-12-5-3-11(4-6-12)18-21-14-10-13(7-8-15(14)23-18)20-17(22)16-2-1-9-24-16/h1-10H,(H,20,22). The van der Waals surface area contributed by atoms with Gasteiger partial charge in [-0.3, -0.25) is 4.79 Å². The van der Waals surface area contributed by atoms with E-state index < -0.39 is 0 Å². The Hall–Kier alpha value is -2.63. The van der Waals surface area contributed by atoms with E-state index in [0.29, 0.717) is 32.6 Å². The Morgan fingerprint density at radius 2 is 1.96 bits per heavy atom. The van der Waals surface area contributed by atoms with Crippen LogP contribution in [-0.2, 0) is 0 Å². The zero-order valence-corrected chi connectivity index (χ0v) is 13.9. The summed E-state index contributed by atoms with van der Waals surface area (Å²) in [4.78, 5) is 17.3. The summed E-state index contributed by atoms with van der Waals surface area (Å²) < 4.78 is 5.76. The number of nitrogens with zero attached hydrogens (tertiary/aromatic N) is 1. The zero-order chi connectivity index (χ0) is 16.5. The first kappa shape index (κ1) is 14.9. The molecule has 0 bridgehead atoms. The lowest BCUT2D eigenvalue weighted by Gasteiger charge is -2.02. The number of carbonyl (C=O) groups is 1. The third-order valence-corrected chi connectivity index (χ3v) is 4.60. The average molecular weight is 355 g/mol. The highest BCUT2D eigenvalue weighted by molar-refractivity contribution is 7.12. The van der Waals surface area contributed by atoms with Crippen molar-refractivity contribution in [3.63, 3.8) is 0 Å². The molecule has 1 amide bonds. The fourth-order valence-electron chi connectivity index (χ4n) is 2.32. The smallest absolute Gasteiger partial charge is 0.265 e. The fraction of sp³-hybridized carbons (Fsp3) is 0. The highest BCUT2D eigenvalue weighted by Crippen LogP contribution is 2.27. The van der Waals surface area contributed by atoms with Crippen LogP contribution in [0.1, 0.15) is 9.67 Å². The molecule has 0 unspecified atom stereocenters. The second-order valence-electron chi connectivity index (χ2n) is 5.14. The Bertz CT molecular complexity index is 1010. The number of hydrogen-bond donors (Lipinski definition) is 1. The van der Waals surface area contributed by atoms with Crippen molar-refractivity contribution >= 4 is 45.6 Å². The van der Waals surface area contributed by atoms with Gasteiger partial charge in [-0.15, -0.1) is 11.3 Å². The number of anilines is 1. The summed E-state index contributed by atoms with van der Waals surface area (Å²) in [5.74, 6) is 0.383. The van der Waals surface area contributed by atoms with Crippen molar-refractivity contribution in [3.8, 4) is 11.5 Å². The van der Waals surface area contributed by atoms with Gasteiger partial charge in [0.15, 0.2) is 5.58 Å². The number of fused-ring (bicyclic) bond motifs is 1. The molecule has 4 aromatic rings. The Morgan fingerprint density at radius 3 is 2.71 bits per heavy atom. The van der Waals surface area contributed by atoms with Crippen molar-refractivity contribution in [2.75, 3.05) is 5.32 Å². The molecule has 0 aliphatic carbocycles. The molecule has 6 heteroatoms. The number of oxazole rings is 1. The molecular formula is C18H11ClN2O2S. The molecule has 2 aromatic carbocycles. The normalized spacial score (nSPS) is 10.9. The fourth-order valence-corrected chi connectivity index (χ4v) is 3.07. The van der Waals surface area contributed by atoms with Gasteiger partial charge in [-0.25, -0.2) is 4.98 Å². The van der Waals surface area contributed by atoms with E-state index in [1.54, 1.807) is 36.4 Å². The summed E-state index contributed by atoms with van der Waals surface area (Å²) in [6.07, 6.45) is 0. The third-order valence-electron chi connectivity index (χ3n) is 3.48. The molecule has 118 valence electrons. The molecule has 0 aliphatic heterocycles. The van der Waals surface area contributed by atoms with Crippen molar-refractivity contribution in [2.45, 2.75) is 0 Å². The van der Waals surface area contributed by atoms with Crippen molar-refractivity contribution in [3.05, 3.63) is 69.9 Å². The van der Waals surface area contributed by atoms with E-state index in [0.717, 1.165) is 5.56 Å². The van der Waals surface area contributed by atoms with E-state index in [1.807, 2.05) is 23.6 Å². The number of thiophene rings is 1. The van der Waals surface area contributed by atoms with Gasteiger partial charge in [0.1, 0.15) is 5.52 Å². The van der Waals surface area contributed by atoms with Crippen LogP contribution in [0.5, 0.6) is 0 Å². The number of benzene rings is 2. The second kappa shape index (κ2) is 6.11. The van der Waals surface area contributed by atoms with Crippen LogP contribution >= 0.6 is 22.9 Å². The number of amides is 1. The van der Waals surface area contributed by atoms with Crippen LogP contribution in [0, 0.1) is 0 Å².